The Morgan fingerprint density at radius 2 is 2.07 bits per heavy atom. The molecule has 1 fully saturated rings. The van der Waals surface area contributed by atoms with Crippen molar-refractivity contribution in [1.29, 1.82) is 0 Å². The fourth-order valence-electron chi connectivity index (χ4n) is 2.84. The predicted octanol–water partition coefficient (Wildman–Crippen LogP) is 3.16. The van der Waals surface area contributed by atoms with Crippen LogP contribution >= 0.6 is 27.3 Å². The first kappa shape index (κ1) is 20.3. The highest BCUT2D eigenvalue weighted by molar-refractivity contribution is 9.10. The van der Waals surface area contributed by atoms with Crippen LogP contribution in [0.1, 0.15) is 17.6 Å². The van der Waals surface area contributed by atoms with Crippen LogP contribution in [0.15, 0.2) is 34.1 Å². The van der Waals surface area contributed by atoms with E-state index in [9.17, 15) is 4.79 Å². The van der Waals surface area contributed by atoms with Crippen molar-refractivity contribution in [3.8, 4) is 5.75 Å². The average molecular weight is 454 g/mol. The Hall–Kier alpha value is -1.48. The molecule has 0 N–H and O–H groups in total. The Kier molecular flexibility index (Phi) is 7.23. The molecule has 8 heteroatoms. The molecule has 6 nitrogen and oxygen atoms in total. The van der Waals surface area contributed by atoms with Gasteiger partial charge in [-0.15, -0.1) is 11.3 Å². The number of carbonyl (C=O) groups excluding carboxylic acids is 1. The fraction of sp³-hybridized carbons (Fsp3) is 0.474. The summed E-state index contributed by atoms with van der Waals surface area (Å²) in [6, 6.07) is 7.46. The number of benzene rings is 1. The number of ether oxygens (including phenoxy) is 2. The zero-order valence-corrected chi connectivity index (χ0v) is 18.0. The van der Waals surface area contributed by atoms with Gasteiger partial charge in [-0.1, -0.05) is 15.9 Å². The maximum absolute atomic E-state index is 12.6. The van der Waals surface area contributed by atoms with Crippen LogP contribution in [0.25, 0.3) is 0 Å². The molecule has 1 saturated heterocycles. The molecule has 1 atom stereocenters. The fourth-order valence-corrected chi connectivity index (χ4v) is 3.93. The predicted molar refractivity (Wildman–Crippen MR) is 109 cm³/mol. The van der Waals surface area contributed by atoms with Gasteiger partial charge < -0.3 is 14.4 Å². The molecule has 1 unspecified atom stereocenters. The largest absolute Gasteiger partial charge is 0.481 e. The lowest BCUT2D eigenvalue weighted by atomic mass is 10.3. The first-order valence-electron chi connectivity index (χ1n) is 8.92. The molecule has 0 spiro atoms. The van der Waals surface area contributed by atoms with E-state index in [0.717, 1.165) is 48.0 Å². The lowest BCUT2D eigenvalue weighted by Gasteiger charge is -2.25. The van der Waals surface area contributed by atoms with E-state index in [1.165, 1.54) is 0 Å². The third-order valence-corrected chi connectivity index (χ3v) is 5.72. The molecule has 1 aliphatic heterocycles. The monoisotopic (exact) mass is 453 g/mol. The second kappa shape index (κ2) is 9.64. The molecule has 0 radical (unpaired) electrons. The van der Waals surface area contributed by atoms with Gasteiger partial charge in [0.15, 0.2) is 6.10 Å². The lowest BCUT2D eigenvalue weighted by Crippen LogP contribution is -2.37. The first-order chi connectivity index (χ1) is 13.0. The number of nitrogens with zero attached hydrogens (tertiary/aromatic N) is 3. The van der Waals surface area contributed by atoms with Crippen LogP contribution in [0.4, 0.5) is 0 Å². The first-order valence-corrected chi connectivity index (χ1v) is 10.6. The van der Waals surface area contributed by atoms with Gasteiger partial charge in [0.05, 0.1) is 32.0 Å². The van der Waals surface area contributed by atoms with E-state index in [2.05, 4.69) is 25.8 Å². The molecular weight excluding hydrogens is 430 g/mol. The molecule has 146 valence electrons. The normalized spacial score (nSPS) is 16.1. The van der Waals surface area contributed by atoms with E-state index in [1.54, 1.807) is 30.2 Å². The van der Waals surface area contributed by atoms with Crippen LogP contribution < -0.4 is 4.74 Å². The Labute approximate surface area is 172 Å². The SMILES string of the molecule is CC(Oc1ccc(Br)cc1)C(=O)N(C)Cc1csc(CN2CCOCC2)n1. The van der Waals surface area contributed by atoms with Gasteiger partial charge in [0.1, 0.15) is 10.8 Å². The molecule has 27 heavy (non-hydrogen) atoms. The van der Waals surface area contributed by atoms with Crippen molar-refractivity contribution in [2.24, 2.45) is 0 Å². The van der Waals surface area contributed by atoms with E-state index in [4.69, 9.17) is 9.47 Å². The van der Waals surface area contributed by atoms with E-state index in [0.29, 0.717) is 12.3 Å². The topological polar surface area (TPSA) is 54.9 Å². The minimum Gasteiger partial charge on any atom is -0.481 e. The Balaban J connectivity index is 1.50. The van der Waals surface area contributed by atoms with Gasteiger partial charge in [0.2, 0.25) is 0 Å². The van der Waals surface area contributed by atoms with Gasteiger partial charge in [-0.05, 0) is 31.2 Å². The zero-order valence-electron chi connectivity index (χ0n) is 15.6. The number of morpholine rings is 1. The van der Waals surface area contributed by atoms with Crippen LogP contribution in [0.5, 0.6) is 5.75 Å². The van der Waals surface area contributed by atoms with Gasteiger partial charge in [-0.25, -0.2) is 4.98 Å². The minimum absolute atomic E-state index is 0.0688. The maximum Gasteiger partial charge on any atom is 0.263 e. The number of aromatic nitrogens is 1. The number of rotatable bonds is 7. The van der Waals surface area contributed by atoms with Gasteiger partial charge in [0.25, 0.3) is 5.91 Å². The molecule has 1 amide bonds. The number of carbonyl (C=O) groups is 1. The molecule has 2 heterocycles. The summed E-state index contributed by atoms with van der Waals surface area (Å²) >= 11 is 5.03. The number of hydrogen-bond acceptors (Lipinski definition) is 6. The highest BCUT2D eigenvalue weighted by Crippen LogP contribution is 2.19. The van der Waals surface area contributed by atoms with Crippen molar-refractivity contribution in [2.45, 2.75) is 26.1 Å². The molecule has 0 aliphatic carbocycles. The molecule has 1 aromatic carbocycles. The summed E-state index contributed by atoms with van der Waals surface area (Å²) in [6.45, 7) is 6.54. The summed E-state index contributed by atoms with van der Waals surface area (Å²) in [4.78, 5) is 21.3. The highest BCUT2D eigenvalue weighted by atomic mass is 79.9. The van der Waals surface area contributed by atoms with Crippen molar-refractivity contribution in [3.63, 3.8) is 0 Å². The van der Waals surface area contributed by atoms with Crippen molar-refractivity contribution < 1.29 is 14.3 Å². The Morgan fingerprint density at radius 3 is 2.78 bits per heavy atom. The quantitative estimate of drug-likeness (QED) is 0.644. The number of halogens is 1. The van der Waals surface area contributed by atoms with Crippen LogP contribution in [0, 0.1) is 0 Å². The maximum atomic E-state index is 12.6. The number of amides is 1. The highest BCUT2D eigenvalue weighted by Gasteiger charge is 2.20. The zero-order chi connectivity index (χ0) is 19.2. The van der Waals surface area contributed by atoms with Crippen molar-refractivity contribution >= 4 is 33.2 Å². The third kappa shape index (κ3) is 6.00. The Bertz CT molecular complexity index is 747. The molecule has 0 bridgehead atoms. The van der Waals surface area contributed by atoms with Gasteiger partial charge in [0, 0.05) is 30.0 Å². The van der Waals surface area contributed by atoms with Crippen LogP contribution in [0.2, 0.25) is 0 Å². The summed E-state index contributed by atoms with van der Waals surface area (Å²) in [6.07, 6.45) is -0.553. The second-order valence-corrected chi connectivity index (χ2v) is 8.39. The smallest absolute Gasteiger partial charge is 0.263 e. The molecule has 1 aromatic heterocycles. The lowest BCUT2D eigenvalue weighted by molar-refractivity contribution is -0.137. The summed E-state index contributed by atoms with van der Waals surface area (Å²) in [7, 11) is 1.78. The van der Waals surface area contributed by atoms with Crippen LogP contribution in [-0.2, 0) is 22.6 Å². The Morgan fingerprint density at radius 1 is 1.37 bits per heavy atom. The summed E-state index contributed by atoms with van der Waals surface area (Å²) in [5, 5.41) is 3.10. The molecule has 2 aromatic rings. The van der Waals surface area contributed by atoms with Crippen LogP contribution in [0.3, 0.4) is 0 Å². The molecule has 3 rings (SSSR count). The second-order valence-electron chi connectivity index (χ2n) is 6.53. The standard InChI is InChI=1S/C19H24BrN3O3S/c1-14(26-17-5-3-15(20)4-6-17)19(24)22(2)11-16-13-27-18(21-16)12-23-7-9-25-10-8-23/h3-6,13-14H,7-12H2,1-2H3. The van der Waals surface area contributed by atoms with E-state index in [-0.39, 0.29) is 5.91 Å². The minimum atomic E-state index is -0.553. The van der Waals surface area contributed by atoms with Gasteiger partial charge >= 0.3 is 0 Å². The van der Waals surface area contributed by atoms with Gasteiger partial charge in [-0.3, -0.25) is 9.69 Å². The summed E-state index contributed by atoms with van der Waals surface area (Å²) in [5.41, 5.74) is 0.912. The molecular formula is C19H24BrN3O3S. The molecule has 0 saturated carbocycles. The van der Waals surface area contributed by atoms with Crippen molar-refractivity contribution in [1.82, 2.24) is 14.8 Å². The van der Waals surface area contributed by atoms with E-state index < -0.39 is 6.10 Å². The number of thiazole rings is 1. The molecule has 1 aliphatic rings. The van der Waals surface area contributed by atoms with E-state index >= 15 is 0 Å². The van der Waals surface area contributed by atoms with E-state index in [1.807, 2.05) is 29.6 Å². The van der Waals surface area contributed by atoms with Crippen LogP contribution in [-0.4, -0.2) is 60.1 Å². The third-order valence-electron chi connectivity index (χ3n) is 4.31. The number of likely N-dealkylation sites (N-methyl/N-ethyl adjacent to an activating group) is 1. The van der Waals surface area contributed by atoms with Crippen molar-refractivity contribution in [2.75, 3.05) is 33.4 Å². The van der Waals surface area contributed by atoms with Gasteiger partial charge in [-0.2, -0.15) is 0 Å². The summed E-state index contributed by atoms with van der Waals surface area (Å²) in [5.74, 6) is 0.606. The number of hydrogen-bond donors (Lipinski definition) is 0. The summed E-state index contributed by atoms with van der Waals surface area (Å²) < 4.78 is 12.1. The average Bonchev–Trinajstić information content (AvgIpc) is 3.10. The van der Waals surface area contributed by atoms with Crippen molar-refractivity contribution in [3.05, 3.63) is 44.8 Å².